The zero-order valence-corrected chi connectivity index (χ0v) is 23.3. The van der Waals surface area contributed by atoms with E-state index >= 15 is 0 Å². The Bertz CT molecular complexity index is 1350. The number of rotatable bonds is 9. The molecule has 3 aromatic rings. The molecule has 2 atom stereocenters. The first-order chi connectivity index (χ1) is 17.9. The number of thioether (sulfide) groups is 1. The molecule has 0 aliphatic carbocycles. The average molecular weight is 546 g/mol. The number of ether oxygens (including phenoxy) is 3. The van der Waals surface area contributed by atoms with E-state index in [-0.39, 0.29) is 6.10 Å². The standard InChI is InChI=1S/C27H35N3O5S2/c1-19-6-4-12-29(16-19)37(31,32)23-9-10-25-24(15-23)28-27(30(25)17-22-7-5-13-35-22)36-18-20-14-21(33-2)8-11-26(20)34-3/h8-11,14-15,19,22H,4-7,12-13,16-18H2,1-3H3/t19-,22-/m1/s1. The Kier molecular flexibility index (Phi) is 7.99. The molecule has 0 N–H and O–H groups in total. The summed E-state index contributed by atoms with van der Waals surface area (Å²) in [6.07, 6.45) is 4.15. The molecule has 2 aromatic carbocycles. The van der Waals surface area contributed by atoms with E-state index in [1.54, 1.807) is 42.4 Å². The van der Waals surface area contributed by atoms with Gasteiger partial charge in [-0.15, -0.1) is 0 Å². The summed E-state index contributed by atoms with van der Waals surface area (Å²) >= 11 is 1.60. The molecule has 0 saturated carbocycles. The van der Waals surface area contributed by atoms with E-state index in [1.165, 1.54) is 0 Å². The van der Waals surface area contributed by atoms with Gasteiger partial charge in [0.05, 0.1) is 42.8 Å². The molecule has 200 valence electrons. The molecule has 0 spiro atoms. The highest BCUT2D eigenvalue weighted by atomic mass is 32.2. The maximum Gasteiger partial charge on any atom is 0.243 e. The Morgan fingerprint density at radius 2 is 1.97 bits per heavy atom. The maximum absolute atomic E-state index is 13.4. The van der Waals surface area contributed by atoms with Crippen LogP contribution in [0.1, 0.15) is 38.2 Å². The van der Waals surface area contributed by atoms with Crippen LogP contribution in [0.3, 0.4) is 0 Å². The number of benzene rings is 2. The average Bonchev–Trinajstić information content (AvgIpc) is 3.55. The molecule has 10 heteroatoms. The molecule has 5 rings (SSSR count). The molecule has 0 amide bonds. The fourth-order valence-electron chi connectivity index (χ4n) is 5.18. The van der Waals surface area contributed by atoms with Crippen LogP contribution < -0.4 is 9.47 Å². The van der Waals surface area contributed by atoms with Gasteiger partial charge in [0.2, 0.25) is 10.0 Å². The van der Waals surface area contributed by atoms with E-state index in [1.807, 2.05) is 24.3 Å². The highest BCUT2D eigenvalue weighted by molar-refractivity contribution is 7.98. The van der Waals surface area contributed by atoms with Crippen molar-refractivity contribution in [3.8, 4) is 11.5 Å². The van der Waals surface area contributed by atoms with Crippen molar-refractivity contribution in [2.75, 3.05) is 33.9 Å². The normalized spacial score (nSPS) is 20.9. The second kappa shape index (κ2) is 11.2. The van der Waals surface area contributed by atoms with Crippen molar-refractivity contribution in [3.05, 3.63) is 42.0 Å². The van der Waals surface area contributed by atoms with Crippen LogP contribution in [0.4, 0.5) is 0 Å². The predicted octanol–water partition coefficient (Wildman–Crippen LogP) is 4.95. The van der Waals surface area contributed by atoms with Gasteiger partial charge in [-0.05, 0) is 68.0 Å². The summed E-state index contributed by atoms with van der Waals surface area (Å²) in [5.41, 5.74) is 2.61. The quantitative estimate of drug-likeness (QED) is 0.352. The zero-order valence-electron chi connectivity index (χ0n) is 21.7. The minimum atomic E-state index is -3.56. The summed E-state index contributed by atoms with van der Waals surface area (Å²) in [6.45, 7) is 4.71. The van der Waals surface area contributed by atoms with Gasteiger partial charge in [0.15, 0.2) is 5.16 Å². The first kappa shape index (κ1) is 26.3. The number of nitrogens with zero attached hydrogens (tertiary/aromatic N) is 3. The largest absolute Gasteiger partial charge is 0.497 e. The molecule has 37 heavy (non-hydrogen) atoms. The van der Waals surface area contributed by atoms with Gasteiger partial charge in [-0.1, -0.05) is 18.7 Å². The van der Waals surface area contributed by atoms with Gasteiger partial charge in [-0.3, -0.25) is 0 Å². The third-order valence-electron chi connectivity index (χ3n) is 7.20. The van der Waals surface area contributed by atoms with Gasteiger partial charge in [0.25, 0.3) is 0 Å². The van der Waals surface area contributed by atoms with Crippen LogP contribution in [0.15, 0.2) is 46.5 Å². The number of aromatic nitrogens is 2. The van der Waals surface area contributed by atoms with Crippen molar-refractivity contribution in [2.45, 2.75) is 61.1 Å². The van der Waals surface area contributed by atoms with Crippen LogP contribution in [-0.4, -0.2) is 62.3 Å². The number of imidazole rings is 1. The summed E-state index contributed by atoms with van der Waals surface area (Å²) in [5, 5.41) is 0.830. The van der Waals surface area contributed by atoms with Crippen LogP contribution in [0, 0.1) is 5.92 Å². The summed E-state index contributed by atoms with van der Waals surface area (Å²) in [5.74, 6) is 2.56. The number of piperidine rings is 1. The van der Waals surface area contributed by atoms with E-state index in [4.69, 9.17) is 19.2 Å². The molecule has 0 radical (unpaired) electrons. The Morgan fingerprint density at radius 3 is 2.70 bits per heavy atom. The van der Waals surface area contributed by atoms with Crippen LogP contribution in [0.5, 0.6) is 11.5 Å². The van der Waals surface area contributed by atoms with Crippen LogP contribution in [0.2, 0.25) is 0 Å². The summed E-state index contributed by atoms with van der Waals surface area (Å²) in [4.78, 5) is 5.22. The van der Waals surface area contributed by atoms with E-state index in [2.05, 4.69) is 11.5 Å². The Morgan fingerprint density at radius 1 is 1.11 bits per heavy atom. The molecule has 1 aromatic heterocycles. The van der Waals surface area contributed by atoms with Crippen molar-refractivity contribution < 1.29 is 22.6 Å². The lowest BCUT2D eigenvalue weighted by molar-refractivity contribution is 0.0960. The topological polar surface area (TPSA) is 82.9 Å². The SMILES string of the molecule is COc1ccc(OC)c(CSc2nc3cc(S(=O)(=O)N4CCC[C@@H](C)C4)ccc3n2C[C@H]2CCCO2)c1. The molecule has 2 aliphatic rings. The van der Waals surface area contributed by atoms with Gasteiger partial charge in [-0.25, -0.2) is 13.4 Å². The molecule has 2 aliphatic heterocycles. The minimum absolute atomic E-state index is 0.126. The van der Waals surface area contributed by atoms with Gasteiger partial charge in [0, 0.05) is 31.0 Å². The summed E-state index contributed by atoms with van der Waals surface area (Å²) in [6, 6.07) is 11.1. The van der Waals surface area contributed by atoms with Gasteiger partial charge >= 0.3 is 0 Å². The van der Waals surface area contributed by atoms with Crippen LogP contribution in [-0.2, 0) is 27.1 Å². The van der Waals surface area contributed by atoms with Crippen molar-refractivity contribution in [3.63, 3.8) is 0 Å². The molecule has 2 saturated heterocycles. The van der Waals surface area contributed by atoms with Crippen molar-refractivity contribution >= 4 is 32.8 Å². The molecule has 3 heterocycles. The van der Waals surface area contributed by atoms with Gasteiger partial charge < -0.3 is 18.8 Å². The van der Waals surface area contributed by atoms with Crippen molar-refractivity contribution in [1.82, 2.24) is 13.9 Å². The van der Waals surface area contributed by atoms with Gasteiger partial charge in [-0.2, -0.15) is 4.31 Å². The highest BCUT2D eigenvalue weighted by Crippen LogP contribution is 2.34. The van der Waals surface area contributed by atoms with E-state index in [0.29, 0.717) is 41.7 Å². The number of hydrogen-bond acceptors (Lipinski definition) is 7. The lowest BCUT2D eigenvalue weighted by Gasteiger charge is -2.30. The van der Waals surface area contributed by atoms with Gasteiger partial charge in [0.1, 0.15) is 11.5 Å². The summed E-state index contributed by atoms with van der Waals surface area (Å²) < 4.78 is 47.5. The Balaban J connectivity index is 1.48. The highest BCUT2D eigenvalue weighted by Gasteiger charge is 2.29. The Labute approximate surface area is 223 Å². The second-order valence-electron chi connectivity index (χ2n) is 9.87. The summed E-state index contributed by atoms with van der Waals surface area (Å²) in [7, 11) is -0.253. The van der Waals surface area contributed by atoms with E-state index < -0.39 is 10.0 Å². The molecule has 0 bridgehead atoms. The number of methoxy groups -OCH3 is 2. The number of fused-ring (bicyclic) bond motifs is 1. The van der Waals surface area contributed by atoms with Crippen molar-refractivity contribution in [2.24, 2.45) is 5.92 Å². The molecule has 8 nitrogen and oxygen atoms in total. The number of hydrogen-bond donors (Lipinski definition) is 0. The molecular weight excluding hydrogens is 510 g/mol. The zero-order chi connectivity index (χ0) is 26.0. The molecular formula is C27H35N3O5S2. The lowest BCUT2D eigenvalue weighted by Crippen LogP contribution is -2.39. The fraction of sp³-hybridized carbons (Fsp3) is 0.519. The van der Waals surface area contributed by atoms with E-state index in [9.17, 15) is 8.42 Å². The third-order valence-corrected chi connectivity index (χ3v) is 10.1. The smallest absolute Gasteiger partial charge is 0.243 e. The third kappa shape index (κ3) is 5.62. The first-order valence-electron chi connectivity index (χ1n) is 12.8. The van der Waals surface area contributed by atoms with Crippen LogP contribution >= 0.6 is 11.8 Å². The van der Waals surface area contributed by atoms with E-state index in [0.717, 1.165) is 60.0 Å². The van der Waals surface area contributed by atoms with Crippen LogP contribution in [0.25, 0.3) is 11.0 Å². The monoisotopic (exact) mass is 545 g/mol. The second-order valence-corrected chi connectivity index (χ2v) is 12.7. The molecule has 2 fully saturated rings. The Hall–Kier alpha value is -2.27. The first-order valence-corrected chi connectivity index (χ1v) is 15.3. The fourth-order valence-corrected chi connectivity index (χ4v) is 7.80. The van der Waals surface area contributed by atoms with Crippen molar-refractivity contribution in [1.29, 1.82) is 0 Å². The minimum Gasteiger partial charge on any atom is -0.497 e. The predicted molar refractivity (Wildman–Crippen MR) is 145 cm³/mol. The molecule has 0 unspecified atom stereocenters. The maximum atomic E-state index is 13.4. The lowest BCUT2D eigenvalue weighted by atomic mass is 10.0. The number of sulfonamides is 1.